The Kier molecular flexibility index (Phi) is 5.42. The van der Waals surface area contributed by atoms with Gasteiger partial charge in [-0.25, -0.2) is 9.31 Å². The highest BCUT2D eigenvalue weighted by Gasteiger charge is 2.40. The molecule has 11 heteroatoms. The molecule has 2 atom stereocenters. The molecule has 4 aromatic heterocycles. The first-order chi connectivity index (χ1) is 16.6. The molecule has 1 amide bonds. The van der Waals surface area contributed by atoms with Crippen molar-refractivity contribution < 1.29 is 14.3 Å². The molecule has 0 spiro atoms. The van der Waals surface area contributed by atoms with Crippen LogP contribution in [0.2, 0.25) is 0 Å². The van der Waals surface area contributed by atoms with Crippen molar-refractivity contribution in [3.05, 3.63) is 52.3 Å². The third kappa shape index (κ3) is 4.17. The predicted octanol–water partition coefficient (Wildman–Crippen LogP) is 3.72. The van der Waals surface area contributed by atoms with E-state index in [2.05, 4.69) is 25.3 Å². The fourth-order valence-corrected chi connectivity index (χ4v) is 4.87. The van der Waals surface area contributed by atoms with E-state index in [1.165, 1.54) is 4.90 Å². The van der Waals surface area contributed by atoms with Crippen LogP contribution in [0, 0.1) is 12.3 Å². The summed E-state index contributed by atoms with van der Waals surface area (Å²) in [5.74, 6) is 0.549. The van der Waals surface area contributed by atoms with E-state index >= 15 is 0 Å². The van der Waals surface area contributed by atoms with Gasteiger partial charge in [0.25, 0.3) is 11.4 Å². The number of hydrogen-bond donors (Lipinski definition) is 2. The summed E-state index contributed by atoms with van der Waals surface area (Å²) in [7, 11) is 0. The molecule has 5 rings (SSSR count). The molecule has 11 nitrogen and oxygen atoms in total. The maximum Gasteiger partial charge on any atom is 0.407 e. The smallest absolute Gasteiger partial charge is 0.407 e. The largest absolute Gasteiger partial charge is 0.465 e. The molecule has 2 unspecified atom stereocenters. The minimum atomic E-state index is -0.919. The third-order valence-electron chi connectivity index (χ3n) is 6.60. The number of aryl methyl sites for hydroxylation is 1. The zero-order chi connectivity index (χ0) is 24.9. The fraction of sp³-hybridized carbons (Fsp3) is 0.417. The monoisotopic (exact) mass is 477 g/mol. The Morgan fingerprint density at radius 3 is 2.71 bits per heavy atom. The number of likely N-dealkylation sites (tertiary alicyclic amines) is 1. The number of aromatic amines is 1. The summed E-state index contributed by atoms with van der Waals surface area (Å²) in [6.07, 6.45) is 3.54. The van der Waals surface area contributed by atoms with Crippen molar-refractivity contribution >= 4 is 11.7 Å². The van der Waals surface area contributed by atoms with Crippen molar-refractivity contribution in [3.8, 4) is 22.9 Å². The molecule has 1 aliphatic heterocycles. The lowest BCUT2D eigenvalue weighted by molar-refractivity contribution is 0.0518. The molecular weight excluding hydrogens is 450 g/mol. The Labute approximate surface area is 200 Å². The van der Waals surface area contributed by atoms with Crippen LogP contribution in [-0.2, 0) is 0 Å². The Hall–Kier alpha value is -4.02. The van der Waals surface area contributed by atoms with Crippen LogP contribution in [-0.4, -0.2) is 58.5 Å². The topological polar surface area (TPSA) is 143 Å². The Balaban J connectivity index is 1.53. The number of nitrogens with zero attached hydrogens (tertiary/aromatic N) is 6. The summed E-state index contributed by atoms with van der Waals surface area (Å²) in [6.45, 7) is 8.37. The Bertz CT molecular complexity index is 1460. The van der Waals surface area contributed by atoms with Crippen molar-refractivity contribution in [2.75, 3.05) is 6.54 Å². The molecule has 2 N–H and O–H groups in total. The highest BCUT2D eigenvalue weighted by molar-refractivity contribution is 5.72. The van der Waals surface area contributed by atoms with E-state index in [0.717, 1.165) is 17.0 Å². The van der Waals surface area contributed by atoms with Crippen LogP contribution in [0.25, 0.3) is 28.6 Å². The van der Waals surface area contributed by atoms with Gasteiger partial charge in [-0.05, 0) is 37.3 Å². The molecule has 0 bridgehead atoms. The molecule has 0 radical (unpaired) electrons. The second-order valence-corrected chi connectivity index (χ2v) is 10.1. The van der Waals surface area contributed by atoms with E-state index in [1.54, 1.807) is 29.0 Å². The number of rotatable bonds is 3. The summed E-state index contributed by atoms with van der Waals surface area (Å²) in [5.41, 5.74) is 2.77. The van der Waals surface area contributed by atoms with E-state index in [9.17, 15) is 14.7 Å². The van der Waals surface area contributed by atoms with Crippen LogP contribution >= 0.6 is 0 Å². The van der Waals surface area contributed by atoms with Gasteiger partial charge in [0, 0.05) is 42.0 Å². The van der Waals surface area contributed by atoms with Crippen molar-refractivity contribution in [1.82, 2.24) is 34.7 Å². The highest BCUT2D eigenvalue weighted by atomic mass is 16.4. The molecule has 182 valence electrons. The number of aromatic nitrogens is 6. The minimum Gasteiger partial charge on any atom is -0.465 e. The maximum absolute atomic E-state index is 12.7. The summed E-state index contributed by atoms with van der Waals surface area (Å²) in [5, 5.41) is 22.6. The van der Waals surface area contributed by atoms with E-state index in [4.69, 9.17) is 4.42 Å². The van der Waals surface area contributed by atoms with Crippen LogP contribution in [0.1, 0.15) is 50.9 Å². The third-order valence-corrected chi connectivity index (χ3v) is 6.60. The van der Waals surface area contributed by atoms with Gasteiger partial charge in [0.2, 0.25) is 5.89 Å². The minimum absolute atomic E-state index is 0.0367. The molecule has 0 saturated carbocycles. The van der Waals surface area contributed by atoms with E-state index < -0.39 is 6.09 Å². The van der Waals surface area contributed by atoms with E-state index in [1.807, 2.05) is 33.8 Å². The van der Waals surface area contributed by atoms with Gasteiger partial charge < -0.3 is 19.4 Å². The summed E-state index contributed by atoms with van der Waals surface area (Å²) in [6, 6.07) is 4.99. The number of amides is 1. The van der Waals surface area contributed by atoms with Crippen LogP contribution in [0.5, 0.6) is 0 Å². The zero-order valence-electron chi connectivity index (χ0n) is 20.0. The van der Waals surface area contributed by atoms with Crippen molar-refractivity contribution in [2.24, 2.45) is 5.41 Å². The number of hydrogen-bond acceptors (Lipinski definition) is 7. The number of pyridine rings is 1. The molecule has 1 aliphatic rings. The first-order valence-corrected chi connectivity index (χ1v) is 11.5. The molecule has 0 aromatic carbocycles. The number of nitrogens with one attached hydrogen (secondary N) is 1. The van der Waals surface area contributed by atoms with Crippen LogP contribution < -0.4 is 5.56 Å². The zero-order valence-corrected chi connectivity index (χ0v) is 20.0. The van der Waals surface area contributed by atoms with Gasteiger partial charge >= 0.3 is 6.09 Å². The number of fused-ring (bicyclic) bond motifs is 1. The number of carbonyl (C=O) groups is 1. The molecule has 0 aliphatic carbocycles. The summed E-state index contributed by atoms with van der Waals surface area (Å²) in [4.78, 5) is 33.0. The number of H-pyrrole nitrogens is 1. The highest BCUT2D eigenvalue weighted by Crippen LogP contribution is 2.39. The molecule has 35 heavy (non-hydrogen) atoms. The van der Waals surface area contributed by atoms with Crippen LogP contribution in [0.15, 0.2) is 39.8 Å². The normalized spacial score (nSPS) is 18.8. The molecular formula is C24H27N7O4. The van der Waals surface area contributed by atoms with Crippen molar-refractivity contribution in [3.63, 3.8) is 0 Å². The van der Waals surface area contributed by atoms with Crippen molar-refractivity contribution in [1.29, 1.82) is 0 Å². The average molecular weight is 478 g/mol. The maximum atomic E-state index is 12.7. The van der Waals surface area contributed by atoms with Crippen molar-refractivity contribution in [2.45, 2.75) is 52.5 Å². The lowest BCUT2D eigenvalue weighted by Gasteiger charge is -2.44. The van der Waals surface area contributed by atoms with Gasteiger partial charge in [0.1, 0.15) is 11.2 Å². The standard InChI is InChI=1S/C24H27N7O4/c1-13-9-15(5-7-25-13)21-28-29-22(35-21)16-12-26-31-17(11-19(32)27-20(16)31)14-6-8-30(23(33)34)18(10-14)24(2,3)4/h5,7,9,11-12,14,18H,6,8,10H2,1-4H3,(H,27,32)(H,33,34). The van der Waals surface area contributed by atoms with Gasteiger partial charge in [0.15, 0.2) is 0 Å². The van der Waals surface area contributed by atoms with Crippen LogP contribution in [0.3, 0.4) is 0 Å². The lowest BCUT2D eigenvalue weighted by atomic mass is 9.76. The number of carboxylic acid groups (broad SMARTS) is 1. The molecule has 5 heterocycles. The second-order valence-electron chi connectivity index (χ2n) is 10.1. The Morgan fingerprint density at radius 1 is 1.23 bits per heavy atom. The fourth-order valence-electron chi connectivity index (χ4n) is 4.87. The first-order valence-electron chi connectivity index (χ1n) is 11.5. The SMILES string of the molecule is Cc1cc(-c2nnc(-c3cnn4c(C5CCN(C(=O)O)C(C(C)(C)C)C5)cc(=O)[nH]c34)o2)ccn1. The Morgan fingerprint density at radius 2 is 2.00 bits per heavy atom. The summed E-state index contributed by atoms with van der Waals surface area (Å²) >= 11 is 0. The van der Waals surface area contributed by atoms with Gasteiger partial charge in [0.05, 0.1) is 11.9 Å². The lowest BCUT2D eigenvalue weighted by Crippen LogP contribution is -2.51. The molecule has 1 saturated heterocycles. The van der Waals surface area contributed by atoms with Gasteiger partial charge in [-0.3, -0.25) is 9.78 Å². The molecule has 1 fully saturated rings. The average Bonchev–Trinajstić information content (AvgIpc) is 3.44. The second kappa shape index (κ2) is 8.33. The summed E-state index contributed by atoms with van der Waals surface area (Å²) < 4.78 is 7.60. The van der Waals surface area contributed by atoms with Gasteiger partial charge in [-0.2, -0.15) is 5.10 Å². The van der Waals surface area contributed by atoms with Gasteiger partial charge in [-0.1, -0.05) is 20.8 Å². The van der Waals surface area contributed by atoms with E-state index in [-0.39, 0.29) is 28.8 Å². The van der Waals surface area contributed by atoms with E-state index in [0.29, 0.717) is 36.5 Å². The predicted molar refractivity (Wildman–Crippen MR) is 127 cm³/mol. The molecule has 4 aromatic rings. The first kappa shape index (κ1) is 22.8. The van der Waals surface area contributed by atoms with Gasteiger partial charge in [-0.15, -0.1) is 10.2 Å². The quantitative estimate of drug-likeness (QED) is 0.455. The van der Waals surface area contributed by atoms with Crippen LogP contribution in [0.4, 0.5) is 4.79 Å². The number of piperidine rings is 1.